The largest absolute Gasteiger partial charge is 0.374 e. The summed E-state index contributed by atoms with van der Waals surface area (Å²) in [7, 11) is 2.11. The van der Waals surface area contributed by atoms with Crippen LogP contribution in [0.3, 0.4) is 0 Å². The number of carbonyl (C=O) groups excluding carboxylic acids is 1. The van der Waals surface area contributed by atoms with E-state index in [1.54, 1.807) is 0 Å². The number of fused-ring (bicyclic) bond motifs is 1. The molecule has 1 N–H and O–H groups in total. The van der Waals surface area contributed by atoms with Crippen LogP contribution in [-0.4, -0.2) is 32.7 Å². The standard InChI is InChI=1S/C13H17N3O/c1-15-8-5-10-9-11(3-4-12(10)15)16-7-2-6-14-13(16)17/h3-4,9H,2,5-8H2,1H3,(H,14,17). The third kappa shape index (κ3) is 1.73. The summed E-state index contributed by atoms with van der Waals surface area (Å²) >= 11 is 0. The summed E-state index contributed by atoms with van der Waals surface area (Å²) in [5.41, 5.74) is 3.67. The van der Waals surface area contributed by atoms with Crippen molar-refractivity contribution in [3.8, 4) is 0 Å². The zero-order valence-corrected chi connectivity index (χ0v) is 10.1. The van der Waals surface area contributed by atoms with Crippen LogP contribution in [-0.2, 0) is 6.42 Å². The molecule has 2 heterocycles. The molecule has 4 heteroatoms. The fourth-order valence-electron chi connectivity index (χ4n) is 2.60. The quantitative estimate of drug-likeness (QED) is 0.797. The number of anilines is 2. The van der Waals surface area contributed by atoms with Gasteiger partial charge in [0, 0.05) is 38.1 Å². The minimum absolute atomic E-state index is 0.0301. The zero-order chi connectivity index (χ0) is 11.8. The second kappa shape index (κ2) is 3.95. The molecule has 2 aliphatic rings. The molecule has 0 unspecified atom stereocenters. The Kier molecular flexibility index (Phi) is 2.42. The van der Waals surface area contributed by atoms with Crippen LogP contribution in [0.25, 0.3) is 0 Å². The van der Waals surface area contributed by atoms with Gasteiger partial charge in [0.1, 0.15) is 0 Å². The number of benzene rings is 1. The second-order valence-electron chi connectivity index (χ2n) is 4.72. The van der Waals surface area contributed by atoms with Crippen LogP contribution in [0.15, 0.2) is 18.2 Å². The molecule has 2 aliphatic heterocycles. The third-order valence-corrected chi connectivity index (χ3v) is 3.58. The number of carbonyl (C=O) groups is 1. The summed E-state index contributed by atoms with van der Waals surface area (Å²) in [6.07, 6.45) is 2.10. The summed E-state index contributed by atoms with van der Waals surface area (Å²) in [4.78, 5) is 15.9. The van der Waals surface area contributed by atoms with Crippen molar-refractivity contribution < 1.29 is 4.79 Å². The highest BCUT2D eigenvalue weighted by atomic mass is 16.2. The minimum Gasteiger partial charge on any atom is -0.374 e. The van der Waals surface area contributed by atoms with Crippen LogP contribution in [0.1, 0.15) is 12.0 Å². The van der Waals surface area contributed by atoms with Gasteiger partial charge in [0.05, 0.1) is 0 Å². The number of amides is 2. The minimum atomic E-state index is 0.0301. The Hall–Kier alpha value is -1.71. The molecule has 1 aromatic carbocycles. The van der Waals surface area contributed by atoms with Crippen molar-refractivity contribution in [3.63, 3.8) is 0 Å². The van der Waals surface area contributed by atoms with Gasteiger partial charge in [-0.3, -0.25) is 4.90 Å². The normalized spacial score (nSPS) is 19.2. The molecule has 0 radical (unpaired) electrons. The Morgan fingerprint density at radius 3 is 3.00 bits per heavy atom. The Balaban J connectivity index is 1.91. The summed E-state index contributed by atoms with van der Waals surface area (Å²) < 4.78 is 0. The number of nitrogens with zero attached hydrogens (tertiary/aromatic N) is 2. The van der Waals surface area contributed by atoms with E-state index in [1.165, 1.54) is 11.3 Å². The van der Waals surface area contributed by atoms with Gasteiger partial charge in [-0.15, -0.1) is 0 Å². The van der Waals surface area contributed by atoms with E-state index < -0.39 is 0 Å². The number of hydrogen-bond acceptors (Lipinski definition) is 2. The van der Waals surface area contributed by atoms with E-state index in [2.05, 4.69) is 29.4 Å². The van der Waals surface area contributed by atoms with Crippen molar-refractivity contribution >= 4 is 17.4 Å². The summed E-state index contributed by atoms with van der Waals surface area (Å²) in [5, 5.41) is 2.88. The molecule has 1 fully saturated rings. The van der Waals surface area contributed by atoms with E-state index in [0.29, 0.717) is 0 Å². The molecule has 4 nitrogen and oxygen atoms in total. The molecule has 1 saturated heterocycles. The topological polar surface area (TPSA) is 35.6 Å². The molecule has 0 aromatic heterocycles. The predicted molar refractivity (Wildman–Crippen MR) is 68.8 cm³/mol. The molecule has 0 aliphatic carbocycles. The van der Waals surface area contributed by atoms with E-state index in [0.717, 1.165) is 38.2 Å². The molecule has 2 amide bonds. The Morgan fingerprint density at radius 2 is 2.18 bits per heavy atom. The maximum Gasteiger partial charge on any atom is 0.321 e. The van der Waals surface area contributed by atoms with Crippen molar-refractivity contribution in [2.24, 2.45) is 0 Å². The van der Waals surface area contributed by atoms with Crippen LogP contribution in [0.5, 0.6) is 0 Å². The van der Waals surface area contributed by atoms with Gasteiger partial charge in [0.15, 0.2) is 0 Å². The molecular formula is C13H17N3O. The van der Waals surface area contributed by atoms with Gasteiger partial charge >= 0.3 is 6.03 Å². The monoisotopic (exact) mass is 231 g/mol. The van der Waals surface area contributed by atoms with E-state index >= 15 is 0 Å². The lowest BCUT2D eigenvalue weighted by Gasteiger charge is -2.28. The van der Waals surface area contributed by atoms with Gasteiger partial charge in [-0.2, -0.15) is 0 Å². The Morgan fingerprint density at radius 1 is 1.29 bits per heavy atom. The third-order valence-electron chi connectivity index (χ3n) is 3.58. The number of rotatable bonds is 1. The van der Waals surface area contributed by atoms with E-state index in [1.807, 2.05) is 11.0 Å². The van der Waals surface area contributed by atoms with Gasteiger partial charge in [-0.05, 0) is 36.6 Å². The molecular weight excluding hydrogens is 214 g/mol. The summed E-state index contributed by atoms with van der Waals surface area (Å²) in [6, 6.07) is 6.36. The first-order chi connectivity index (χ1) is 8.25. The molecule has 1 aromatic rings. The first kappa shape index (κ1) is 10.4. The zero-order valence-electron chi connectivity index (χ0n) is 10.1. The maximum atomic E-state index is 11.8. The fraction of sp³-hybridized carbons (Fsp3) is 0.462. The molecule has 3 rings (SSSR count). The lowest BCUT2D eigenvalue weighted by atomic mass is 10.1. The number of hydrogen-bond donors (Lipinski definition) is 1. The molecule has 0 spiro atoms. The molecule has 0 bridgehead atoms. The second-order valence-corrected chi connectivity index (χ2v) is 4.72. The lowest BCUT2D eigenvalue weighted by Crippen LogP contribution is -2.46. The number of urea groups is 1. The van der Waals surface area contributed by atoms with Crippen LogP contribution < -0.4 is 15.1 Å². The van der Waals surface area contributed by atoms with Gasteiger partial charge in [0.2, 0.25) is 0 Å². The SMILES string of the molecule is CN1CCc2cc(N3CCCNC3=O)ccc21. The highest BCUT2D eigenvalue weighted by Crippen LogP contribution is 2.30. The van der Waals surface area contributed by atoms with E-state index in [-0.39, 0.29) is 6.03 Å². The van der Waals surface area contributed by atoms with Gasteiger partial charge in [-0.25, -0.2) is 4.79 Å². The Bertz CT molecular complexity index is 458. The van der Waals surface area contributed by atoms with E-state index in [9.17, 15) is 4.79 Å². The highest BCUT2D eigenvalue weighted by molar-refractivity contribution is 5.93. The smallest absolute Gasteiger partial charge is 0.321 e. The molecule has 0 atom stereocenters. The lowest BCUT2D eigenvalue weighted by molar-refractivity contribution is 0.243. The molecule has 0 saturated carbocycles. The van der Waals surface area contributed by atoms with E-state index in [4.69, 9.17) is 0 Å². The predicted octanol–water partition coefficient (Wildman–Crippen LogP) is 1.60. The van der Waals surface area contributed by atoms with Crippen molar-refractivity contribution in [1.82, 2.24) is 5.32 Å². The van der Waals surface area contributed by atoms with Crippen LogP contribution in [0, 0.1) is 0 Å². The van der Waals surface area contributed by atoms with Crippen molar-refractivity contribution in [1.29, 1.82) is 0 Å². The van der Waals surface area contributed by atoms with Crippen LogP contribution >= 0.6 is 0 Å². The van der Waals surface area contributed by atoms with Gasteiger partial charge in [0.25, 0.3) is 0 Å². The summed E-state index contributed by atoms with van der Waals surface area (Å²) in [5.74, 6) is 0. The Labute approximate surface area is 101 Å². The van der Waals surface area contributed by atoms with Crippen molar-refractivity contribution in [3.05, 3.63) is 23.8 Å². The molecule has 90 valence electrons. The van der Waals surface area contributed by atoms with Crippen LogP contribution in [0.4, 0.5) is 16.2 Å². The average Bonchev–Trinajstić information content (AvgIpc) is 2.71. The number of nitrogens with one attached hydrogen (secondary N) is 1. The van der Waals surface area contributed by atoms with Gasteiger partial charge in [-0.1, -0.05) is 0 Å². The first-order valence-electron chi connectivity index (χ1n) is 6.15. The highest BCUT2D eigenvalue weighted by Gasteiger charge is 2.22. The van der Waals surface area contributed by atoms with Crippen molar-refractivity contribution in [2.45, 2.75) is 12.8 Å². The van der Waals surface area contributed by atoms with Crippen LogP contribution in [0.2, 0.25) is 0 Å². The first-order valence-corrected chi connectivity index (χ1v) is 6.15. The number of likely N-dealkylation sites (N-methyl/N-ethyl adjacent to an activating group) is 1. The summed E-state index contributed by atoms with van der Waals surface area (Å²) in [6.45, 7) is 2.69. The van der Waals surface area contributed by atoms with Gasteiger partial charge < -0.3 is 10.2 Å². The van der Waals surface area contributed by atoms with Crippen molar-refractivity contribution in [2.75, 3.05) is 36.5 Å². The fourth-order valence-corrected chi connectivity index (χ4v) is 2.60. The maximum absolute atomic E-state index is 11.8. The average molecular weight is 231 g/mol. The molecule has 17 heavy (non-hydrogen) atoms.